The van der Waals surface area contributed by atoms with E-state index in [-0.39, 0.29) is 5.91 Å². The monoisotopic (exact) mass is 351 g/mol. The largest absolute Gasteiger partial charge is 0.338 e. The highest BCUT2D eigenvalue weighted by atomic mass is 16.2. The van der Waals surface area contributed by atoms with Crippen molar-refractivity contribution in [3.05, 3.63) is 66.0 Å². The number of aromatic nitrogens is 1. The quantitative estimate of drug-likeness (QED) is 0.830. The van der Waals surface area contributed by atoms with Gasteiger partial charge in [-0.1, -0.05) is 36.4 Å². The highest BCUT2D eigenvalue weighted by Crippen LogP contribution is 2.26. The molecule has 0 aliphatic heterocycles. The average Bonchev–Trinajstić information content (AvgIpc) is 2.68. The number of hydrogen-bond acceptors (Lipinski definition) is 3. The van der Waals surface area contributed by atoms with Crippen LogP contribution in [0.25, 0.3) is 0 Å². The van der Waals surface area contributed by atoms with Crippen LogP contribution < -0.4 is 5.73 Å². The summed E-state index contributed by atoms with van der Waals surface area (Å²) in [4.78, 5) is 19.2. The molecule has 4 heteroatoms. The maximum Gasteiger partial charge on any atom is 0.223 e. The molecular formula is C22H29N3O. The number of benzene rings is 1. The number of pyridine rings is 1. The molecule has 1 aromatic carbocycles. The Hall–Kier alpha value is -2.20. The zero-order valence-electron chi connectivity index (χ0n) is 15.4. The van der Waals surface area contributed by atoms with Gasteiger partial charge in [-0.15, -0.1) is 0 Å². The van der Waals surface area contributed by atoms with Crippen LogP contribution in [0.3, 0.4) is 0 Å². The smallest absolute Gasteiger partial charge is 0.223 e. The Kier molecular flexibility index (Phi) is 6.78. The summed E-state index contributed by atoms with van der Waals surface area (Å²) in [5, 5.41) is 0. The molecule has 1 saturated carbocycles. The van der Waals surface area contributed by atoms with E-state index in [1.165, 1.54) is 5.56 Å². The van der Waals surface area contributed by atoms with Crippen LogP contribution in [0, 0.1) is 5.92 Å². The van der Waals surface area contributed by atoms with Crippen molar-refractivity contribution in [2.45, 2.75) is 51.1 Å². The minimum Gasteiger partial charge on any atom is -0.338 e. The average molecular weight is 351 g/mol. The second kappa shape index (κ2) is 9.48. The number of hydrogen-bond donors (Lipinski definition) is 1. The number of carbonyl (C=O) groups is 1. The number of amides is 1. The van der Waals surface area contributed by atoms with Crippen molar-refractivity contribution in [2.75, 3.05) is 6.54 Å². The summed E-state index contributed by atoms with van der Waals surface area (Å²) in [6, 6.07) is 14.7. The van der Waals surface area contributed by atoms with E-state index < -0.39 is 0 Å². The van der Waals surface area contributed by atoms with Crippen LogP contribution in [-0.2, 0) is 17.8 Å². The van der Waals surface area contributed by atoms with E-state index in [9.17, 15) is 4.79 Å². The molecule has 138 valence electrons. The van der Waals surface area contributed by atoms with E-state index in [0.717, 1.165) is 44.2 Å². The molecule has 4 nitrogen and oxygen atoms in total. The van der Waals surface area contributed by atoms with Crippen LogP contribution in [-0.4, -0.2) is 28.4 Å². The first-order chi connectivity index (χ1) is 12.7. The van der Waals surface area contributed by atoms with Crippen LogP contribution in [0.4, 0.5) is 0 Å². The summed E-state index contributed by atoms with van der Waals surface area (Å²) in [7, 11) is 0. The van der Waals surface area contributed by atoms with Crippen LogP contribution >= 0.6 is 0 Å². The molecule has 0 saturated heterocycles. The van der Waals surface area contributed by atoms with Gasteiger partial charge in [-0.2, -0.15) is 0 Å². The van der Waals surface area contributed by atoms with Gasteiger partial charge in [0, 0.05) is 37.9 Å². The van der Waals surface area contributed by atoms with Crippen molar-refractivity contribution in [3.63, 3.8) is 0 Å². The molecule has 0 bridgehead atoms. The summed E-state index contributed by atoms with van der Waals surface area (Å²) < 4.78 is 0. The van der Waals surface area contributed by atoms with E-state index >= 15 is 0 Å². The van der Waals surface area contributed by atoms with Crippen molar-refractivity contribution in [1.29, 1.82) is 0 Å². The Morgan fingerprint density at radius 2 is 1.77 bits per heavy atom. The van der Waals surface area contributed by atoms with Gasteiger partial charge >= 0.3 is 0 Å². The highest BCUT2D eigenvalue weighted by molar-refractivity contribution is 5.76. The molecule has 0 atom stereocenters. The molecule has 1 amide bonds. The molecule has 1 aliphatic rings. The molecule has 0 unspecified atom stereocenters. The van der Waals surface area contributed by atoms with Gasteiger partial charge < -0.3 is 10.6 Å². The van der Waals surface area contributed by atoms with Gasteiger partial charge in [-0.3, -0.25) is 9.78 Å². The Balaban J connectivity index is 1.62. The van der Waals surface area contributed by atoms with E-state index in [1.54, 1.807) is 6.20 Å². The first kappa shape index (κ1) is 18.6. The lowest BCUT2D eigenvalue weighted by molar-refractivity contribution is -0.133. The van der Waals surface area contributed by atoms with Crippen LogP contribution in [0.1, 0.15) is 43.2 Å². The molecule has 0 spiro atoms. The zero-order chi connectivity index (χ0) is 18.2. The fourth-order valence-corrected chi connectivity index (χ4v) is 3.68. The van der Waals surface area contributed by atoms with Gasteiger partial charge in [0.2, 0.25) is 5.91 Å². The first-order valence-corrected chi connectivity index (χ1v) is 9.67. The number of carbonyl (C=O) groups excluding carboxylic acids is 1. The predicted octanol–water partition coefficient (Wildman–Crippen LogP) is 3.56. The fraction of sp³-hybridized carbons (Fsp3) is 0.455. The molecule has 2 aromatic rings. The Morgan fingerprint density at radius 1 is 1.04 bits per heavy atom. The molecule has 26 heavy (non-hydrogen) atoms. The van der Waals surface area contributed by atoms with Gasteiger partial charge in [-0.05, 0) is 55.2 Å². The van der Waals surface area contributed by atoms with Gasteiger partial charge in [0.05, 0.1) is 0 Å². The number of nitrogens with two attached hydrogens (primary N) is 1. The van der Waals surface area contributed by atoms with E-state index in [0.29, 0.717) is 24.9 Å². The van der Waals surface area contributed by atoms with Gasteiger partial charge in [-0.25, -0.2) is 0 Å². The van der Waals surface area contributed by atoms with E-state index in [4.69, 9.17) is 5.73 Å². The van der Waals surface area contributed by atoms with Crippen molar-refractivity contribution in [3.8, 4) is 0 Å². The maximum absolute atomic E-state index is 13.0. The summed E-state index contributed by atoms with van der Waals surface area (Å²) in [6.45, 7) is 1.37. The normalized spacial score (nSPS) is 19.9. The molecule has 1 fully saturated rings. The lowest BCUT2D eigenvalue weighted by atomic mass is 9.84. The van der Waals surface area contributed by atoms with Crippen molar-refractivity contribution in [1.82, 2.24) is 9.88 Å². The molecule has 2 N–H and O–H groups in total. The third kappa shape index (κ3) is 5.67. The predicted molar refractivity (Wildman–Crippen MR) is 104 cm³/mol. The van der Waals surface area contributed by atoms with Crippen molar-refractivity contribution in [2.24, 2.45) is 11.7 Å². The third-order valence-corrected chi connectivity index (χ3v) is 5.32. The van der Waals surface area contributed by atoms with Crippen molar-refractivity contribution >= 4 is 5.91 Å². The topological polar surface area (TPSA) is 59.2 Å². The van der Waals surface area contributed by atoms with E-state index in [1.807, 2.05) is 41.4 Å². The first-order valence-electron chi connectivity index (χ1n) is 9.67. The fourth-order valence-electron chi connectivity index (χ4n) is 3.68. The van der Waals surface area contributed by atoms with Crippen LogP contribution in [0.15, 0.2) is 54.9 Å². The lowest BCUT2D eigenvalue weighted by Gasteiger charge is -2.29. The Morgan fingerprint density at radius 3 is 2.46 bits per heavy atom. The number of nitrogens with zero attached hydrogens (tertiary/aromatic N) is 2. The van der Waals surface area contributed by atoms with Crippen LogP contribution in [0.5, 0.6) is 0 Å². The Labute approximate surface area is 156 Å². The lowest BCUT2D eigenvalue weighted by Crippen LogP contribution is -2.35. The van der Waals surface area contributed by atoms with Gasteiger partial charge in [0.1, 0.15) is 0 Å². The minimum atomic E-state index is 0.255. The molecular weight excluding hydrogens is 322 g/mol. The molecule has 1 heterocycles. The highest BCUT2D eigenvalue weighted by Gasteiger charge is 2.23. The van der Waals surface area contributed by atoms with E-state index in [2.05, 4.69) is 17.1 Å². The van der Waals surface area contributed by atoms with Gasteiger partial charge in [0.15, 0.2) is 0 Å². The molecule has 3 rings (SSSR count). The summed E-state index contributed by atoms with van der Waals surface area (Å²) in [5.74, 6) is 0.737. The third-order valence-electron chi connectivity index (χ3n) is 5.32. The summed E-state index contributed by atoms with van der Waals surface area (Å²) in [6.07, 6.45) is 9.38. The maximum atomic E-state index is 13.0. The second-order valence-corrected chi connectivity index (χ2v) is 7.40. The summed E-state index contributed by atoms with van der Waals surface area (Å²) >= 11 is 0. The van der Waals surface area contributed by atoms with Crippen molar-refractivity contribution < 1.29 is 4.79 Å². The van der Waals surface area contributed by atoms with Gasteiger partial charge in [0.25, 0.3) is 0 Å². The number of rotatable bonds is 7. The SMILES string of the molecule is NC1CCC(CC(=O)N(CCc2ccccc2)Cc2cccnc2)CC1. The standard InChI is InChI=1S/C22H29N3O/c23-21-10-8-19(9-11-21)15-22(26)25(17-20-7-4-13-24-16-20)14-12-18-5-2-1-3-6-18/h1-7,13,16,19,21H,8-12,14-15,17,23H2. The second-order valence-electron chi connectivity index (χ2n) is 7.40. The Bertz CT molecular complexity index is 666. The molecule has 1 aromatic heterocycles. The zero-order valence-corrected chi connectivity index (χ0v) is 15.4. The molecule has 0 radical (unpaired) electrons. The summed E-state index contributed by atoms with van der Waals surface area (Å²) in [5.41, 5.74) is 8.35. The molecule has 1 aliphatic carbocycles. The van der Waals surface area contributed by atoms with Crippen LogP contribution in [0.2, 0.25) is 0 Å². The minimum absolute atomic E-state index is 0.255.